The first kappa shape index (κ1) is 13.7. The monoisotopic (exact) mass is 259 g/mol. The van der Waals surface area contributed by atoms with Crippen LogP contribution >= 0.6 is 0 Å². The van der Waals surface area contributed by atoms with Crippen LogP contribution in [0.2, 0.25) is 0 Å². The number of nitrogens with two attached hydrogens (primary N) is 1. The molecule has 0 aliphatic rings. The molecule has 3 heteroatoms. The topological polar surface area (TPSA) is 48.4 Å². The molecule has 0 aliphatic heterocycles. The van der Waals surface area contributed by atoms with Crippen LogP contribution in [0.4, 0.5) is 0 Å². The predicted molar refractivity (Wildman–Crippen MR) is 76.2 cm³/mol. The zero-order valence-corrected chi connectivity index (χ0v) is 11.5. The first-order chi connectivity index (χ1) is 9.20. The second kappa shape index (κ2) is 6.43. The molecule has 1 aromatic heterocycles. The molecule has 0 fully saturated rings. The zero-order chi connectivity index (χ0) is 13.7. The molecule has 0 saturated heterocycles. The lowest BCUT2D eigenvalue weighted by Gasteiger charge is -2.20. The lowest BCUT2D eigenvalue weighted by molar-refractivity contribution is 0.153. The SMILES string of the molecule is CCCc1ccc(OC(c2ccco2)C(C)N)cc1. The minimum Gasteiger partial charge on any atom is -0.481 e. The van der Waals surface area contributed by atoms with E-state index >= 15 is 0 Å². The molecular formula is C16H21NO2. The van der Waals surface area contributed by atoms with Gasteiger partial charge in [0.15, 0.2) is 6.10 Å². The number of aryl methyl sites for hydroxylation is 1. The van der Waals surface area contributed by atoms with E-state index in [4.69, 9.17) is 14.9 Å². The molecular weight excluding hydrogens is 238 g/mol. The largest absolute Gasteiger partial charge is 0.481 e. The summed E-state index contributed by atoms with van der Waals surface area (Å²) in [7, 11) is 0. The van der Waals surface area contributed by atoms with Crippen molar-refractivity contribution in [3.8, 4) is 5.75 Å². The van der Waals surface area contributed by atoms with Crippen LogP contribution in [0.1, 0.15) is 37.7 Å². The van der Waals surface area contributed by atoms with E-state index < -0.39 is 0 Å². The number of rotatable bonds is 6. The van der Waals surface area contributed by atoms with Gasteiger partial charge in [-0.15, -0.1) is 0 Å². The maximum absolute atomic E-state index is 5.97. The summed E-state index contributed by atoms with van der Waals surface area (Å²) in [4.78, 5) is 0. The number of benzene rings is 1. The van der Waals surface area contributed by atoms with Crippen molar-refractivity contribution in [1.82, 2.24) is 0 Å². The van der Waals surface area contributed by atoms with Crippen LogP contribution in [-0.2, 0) is 6.42 Å². The molecule has 1 heterocycles. The van der Waals surface area contributed by atoms with Crippen molar-refractivity contribution in [3.05, 3.63) is 54.0 Å². The summed E-state index contributed by atoms with van der Waals surface area (Å²) in [6.07, 6.45) is 3.62. The van der Waals surface area contributed by atoms with Gasteiger partial charge in [-0.25, -0.2) is 0 Å². The zero-order valence-electron chi connectivity index (χ0n) is 11.5. The minimum atomic E-state index is -0.257. The minimum absolute atomic E-state index is 0.138. The van der Waals surface area contributed by atoms with Crippen LogP contribution in [0, 0.1) is 0 Å². The lowest BCUT2D eigenvalue weighted by Crippen LogP contribution is -2.28. The van der Waals surface area contributed by atoms with E-state index in [9.17, 15) is 0 Å². The molecule has 2 N–H and O–H groups in total. The smallest absolute Gasteiger partial charge is 0.171 e. The summed E-state index contributed by atoms with van der Waals surface area (Å²) in [6.45, 7) is 4.09. The Kier molecular flexibility index (Phi) is 4.63. The van der Waals surface area contributed by atoms with Crippen LogP contribution in [0.3, 0.4) is 0 Å². The van der Waals surface area contributed by atoms with E-state index in [1.165, 1.54) is 5.56 Å². The summed E-state index contributed by atoms with van der Waals surface area (Å²) in [5.41, 5.74) is 7.29. The molecule has 0 amide bonds. The van der Waals surface area contributed by atoms with E-state index in [2.05, 4.69) is 19.1 Å². The molecule has 2 unspecified atom stereocenters. The highest BCUT2D eigenvalue weighted by molar-refractivity contribution is 5.28. The van der Waals surface area contributed by atoms with Gasteiger partial charge in [0.1, 0.15) is 11.5 Å². The number of hydrogen-bond donors (Lipinski definition) is 1. The van der Waals surface area contributed by atoms with Crippen LogP contribution in [-0.4, -0.2) is 6.04 Å². The maximum Gasteiger partial charge on any atom is 0.171 e. The summed E-state index contributed by atoms with van der Waals surface area (Å²) in [6, 6.07) is 11.8. The second-order valence-electron chi connectivity index (χ2n) is 4.81. The van der Waals surface area contributed by atoms with Crippen molar-refractivity contribution in [3.63, 3.8) is 0 Å². The summed E-state index contributed by atoms with van der Waals surface area (Å²) >= 11 is 0. The Labute approximate surface area is 114 Å². The van der Waals surface area contributed by atoms with Crippen molar-refractivity contribution in [1.29, 1.82) is 0 Å². The van der Waals surface area contributed by atoms with Gasteiger partial charge in [0, 0.05) is 6.04 Å². The van der Waals surface area contributed by atoms with Crippen molar-refractivity contribution < 1.29 is 9.15 Å². The van der Waals surface area contributed by atoms with Crippen LogP contribution in [0.15, 0.2) is 47.1 Å². The van der Waals surface area contributed by atoms with Crippen molar-refractivity contribution in [2.75, 3.05) is 0 Å². The standard InChI is InChI=1S/C16H21NO2/c1-3-5-13-7-9-14(10-8-13)19-16(12(2)17)15-6-4-11-18-15/h4,6-12,16H,3,5,17H2,1-2H3. The number of hydrogen-bond acceptors (Lipinski definition) is 3. The Hall–Kier alpha value is -1.74. The quantitative estimate of drug-likeness (QED) is 0.860. The third-order valence-electron chi connectivity index (χ3n) is 3.03. The average molecular weight is 259 g/mol. The van der Waals surface area contributed by atoms with Gasteiger partial charge in [0.05, 0.1) is 6.26 Å². The van der Waals surface area contributed by atoms with Crippen LogP contribution < -0.4 is 10.5 Å². The molecule has 2 aromatic rings. The molecule has 2 rings (SSSR count). The average Bonchev–Trinajstić information content (AvgIpc) is 2.91. The highest BCUT2D eigenvalue weighted by atomic mass is 16.5. The van der Waals surface area contributed by atoms with E-state index in [1.807, 2.05) is 31.2 Å². The molecule has 102 valence electrons. The Morgan fingerprint density at radius 1 is 1.21 bits per heavy atom. The van der Waals surface area contributed by atoms with Crippen LogP contribution in [0.25, 0.3) is 0 Å². The molecule has 1 aromatic carbocycles. The van der Waals surface area contributed by atoms with Gasteiger partial charge in [-0.05, 0) is 43.2 Å². The molecule has 3 nitrogen and oxygen atoms in total. The first-order valence-corrected chi connectivity index (χ1v) is 6.75. The third kappa shape index (κ3) is 3.61. The second-order valence-corrected chi connectivity index (χ2v) is 4.81. The van der Waals surface area contributed by atoms with Gasteiger partial charge >= 0.3 is 0 Å². The molecule has 0 aliphatic carbocycles. The van der Waals surface area contributed by atoms with Crippen molar-refractivity contribution in [2.45, 2.75) is 38.8 Å². The van der Waals surface area contributed by atoms with E-state index in [0.29, 0.717) is 0 Å². The Balaban J connectivity index is 2.09. The fraction of sp³-hybridized carbons (Fsp3) is 0.375. The third-order valence-corrected chi connectivity index (χ3v) is 3.03. The van der Waals surface area contributed by atoms with Crippen molar-refractivity contribution >= 4 is 0 Å². The highest BCUT2D eigenvalue weighted by Crippen LogP contribution is 2.25. The van der Waals surface area contributed by atoms with Crippen molar-refractivity contribution in [2.24, 2.45) is 5.73 Å². The molecule has 0 radical (unpaired) electrons. The summed E-state index contributed by atoms with van der Waals surface area (Å²) < 4.78 is 11.3. The number of furan rings is 1. The Bertz CT molecular complexity index is 474. The van der Waals surface area contributed by atoms with Gasteiger partial charge in [0.25, 0.3) is 0 Å². The molecule has 2 atom stereocenters. The van der Waals surface area contributed by atoms with Gasteiger partial charge in [-0.3, -0.25) is 0 Å². The fourth-order valence-electron chi connectivity index (χ4n) is 2.05. The molecule has 0 bridgehead atoms. The molecule has 0 saturated carbocycles. The maximum atomic E-state index is 5.97. The normalized spacial score (nSPS) is 14.1. The van der Waals surface area contributed by atoms with E-state index in [1.54, 1.807) is 6.26 Å². The first-order valence-electron chi connectivity index (χ1n) is 6.75. The number of ether oxygens (including phenoxy) is 1. The van der Waals surface area contributed by atoms with E-state index in [0.717, 1.165) is 24.4 Å². The Morgan fingerprint density at radius 2 is 1.95 bits per heavy atom. The predicted octanol–water partition coefficient (Wildman–Crippen LogP) is 3.70. The summed E-state index contributed by atoms with van der Waals surface area (Å²) in [5.74, 6) is 1.58. The molecule has 19 heavy (non-hydrogen) atoms. The van der Waals surface area contributed by atoms with Gasteiger partial charge in [0.2, 0.25) is 0 Å². The molecule has 0 spiro atoms. The lowest BCUT2D eigenvalue weighted by atomic mass is 10.1. The van der Waals surface area contributed by atoms with Gasteiger partial charge < -0.3 is 14.9 Å². The van der Waals surface area contributed by atoms with Gasteiger partial charge in [-0.2, -0.15) is 0 Å². The van der Waals surface area contributed by atoms with E-state index in [-0.39, 0.29) is 12.1 Å². The van der Waals surface area contributed by atoms with Crippen LogP contribution in [0.5, 0.6) is 5.75 Å². The highest BCUT2D eigenvalue weighted by Gasteiger charge is 2.20. The fourth-order valence-corrected chi connectivity index (χ4v) is 2.05. The van der Waals surface area contributed by atoms with Gasteiger partial charge in [-0.1, -0.05) is 25.5 Å². The Morgan fingerprint density at radius 3 is 2.47 bits per heavy atom. The summed E-state index contributed by atoms with van der Waals surface area (Å²) in [5, 5.41) is 0.